The predicted octanol–water partition coefficient (Wildman–Crippen LogP) is 4.33. The van der Waals surface area contributed by atoms with Gasteiger partial charge in [-0.05, 0) is 82.7 Å². The molecule has 0 bridgehead atoms. The average Bonchev–Trinajstić information content (AvgIpc) is 3.70. The summed E-state index contributed by atoms with van der Waals surface area (Å²) >= 11 is 0. The Morgan fingerprint density at radius 2 is 1.69 bits per heavy atom. The van der Waals surface area contributed by atoms with Crippen LogP contribution < -0.4 is 20.1 Å². The molecule has 39 heavy (non-hydrogen) atoms. The van der Waals surface area contributed by atoms with Gasteiger partial charge < -0.3 is 25.0 Å². The molecule has 0 spiro atoms. The van der Waals surface area contributed by atoms with Gasteiger partial charge in [0.1, 0.15) is 11.5 Å². The lowest BCUT2D eigenvalue weighted by Gasteiger charge is -2.28. The van der Waals surface area contributed by atoms with Crippen LogP contribution in [-0.2, 0) is 4.79 Å². The highest BCUT2D eigenvalue weighted by Gasteiger charge is 2.29. The van der Waals surface area contributed by atoms with Crippen LogP contribution in [0.2, 0.25) is 0 Å². The van der Waals surface area contributed by atoms with Gasteiger partial charge in [0, 0.05) is 25.0 Å². The van der Waals surface area contributed by atoms with E-state index in [0.29, 0.717) is 17.2 Å². The summed E-state index contributed by atoms with van der Waals surface area (Å²) in [7, 11) is 3.28. The van der Waals surface area contributed by atoms with Crippen molar-refractivity contribution in [2.24, 2.45) is 0 Å². The highest BCUT2D eigenvalue weighted by Crippen LogP contribution is 2.41. The van der Waals surface area contributed by atoms with Crippen molar-refractivity contribution in [3.05, 3.63) is 30.0 Å². The first kappa shape index (κ1) is 27.5. The number of rotatable bonds is 12. The molecule has 2 aromatic rings. The number of hydrogen-bond donors (Lipinski definition) is 2. The quantitative estimate of drug-likeness (QED) is 0.418. The van der Waals surface area contributed by atoms with Crippen LogP contribution in [0.25, 0.3) is 11.3 Å². The van der Waals surface area contributed by atoms with E-state index in [4.69, 9.17) is 14.6 Å². The van der Waals surface area contributed by atoms with Gasteiger partial charge in [0.2, 0.25) is 5.91 Å². The molecule has 2 heterocycles. The fraction of sp³-hybridized carbons (Fsp3) is 0.633. The Bertz CT molecular complexity index is 1110. The number of methoxy groups -OCH3 is 2. The van der Waals surface area contributed by atoms with Gasteiger partial charge in [-0.3, -0.25) is 14.3 Å². The lowest BCUT2D eigenvalue weighted by atomic mass is 9.93. The zero-order valence-electron chi connectivity index (χ0n) is 23.4. The van der Waals surface area contributed by atoms with Crippen molar-refractivity contribution in [3.63, 3.8) is 0 Å². The van der Waals surface area contributed by atoms with Crippen molar-refractivity contribution in [3.8, 4) is 22.8 Å². The van der Waals surface area contributed by atoms with Crippen LogP contribution in [0, 0.1) is 0 Å². The van der Waals surface area contributed by atoms with Crippen LogP contribution >= 0.6 is 0 Å². The van der Waals surface area contributed by atoms with E-state index in [1.807, 2.05) is 28.9 Å². The minimum atomic E-state index is -0.251. The fourth-order valence-corrected chi connectivity index (χ4v) is 6.12. The SMILES string of the molecule is COc1cccc(OC)c1-c1cc(C(=O)NC(CCN2CCCC2)CC(=O)NC2CCC2)nn1C1CCCC1. The third-order valence-electron chi connectivity index (χ3n) is 8.55. The number of benzene rings is 1. The molecule has 1 aromatic carbocycles. The molecule has 1 aliphatic heterocycles. The Kier molecular flexibility index (Phi) is 9.06. The topological polar surface area (TPSA) is 97.7 Å². The summed E-state index contributed by atoms with van der Waals surface area (Å²) < 4.78 is 13.4. The Balaban J connectivity index is 1.38. The van der Waals surface area contributed by atoms with Crippen molar-refractivity contribution in [2.75, 3.05) is 33.9 Å². The molecule has 1 unspecified atom stereocenters. The highest BCUT2D eigenvalue weighted by atomic mass is 16.5. The van der Waals surface area contributed by atoms with Gasteiger partial charge in [0.15, 0.2) is 5.69 Å². The van der Waals surface area contributed by atoms with Crippen LogP contribution in [0.3, 0.4) is 0 Å². The van der Waals surface area contributed by atoms with Crippen LogP contribution in [0.4, 0.5) is 0 Å². The molecule has 3 aliphatic rings. The van der Waals surface area contributed by atoms with E-state index in [0.717, 1.165) is 75.8 Å². The number of aromatic nitrogens is 2. The fourth-order valence-electron chi connectivity index (χ4n) is 6.12. The van der Waals surface area contributed by atoms with Crippen LogP contribution in [0.5, 0.6) is 11.5 Å². The van der Waals surface area contributed by atoms with Gasteiger partial charge in [-0.25, -0.2) is 0 Å². The Hall–Kier alpha value is -3.07. The third kappa shape index (κ3) is 6.57. The molecule has 1 atom stereocenters. The van der Waals surface area contributed by atoms with E-state index in [-0.39, 0.29) is 36.4 Å². The number of ether oxygens (including phenoxy) is 2. The number of nitrogens with one attached hydrogen (secondary N) is 2. The molecule has 2 N–H and O–H groups in total. The zero-order valence-corrected chi connectivity index (χ0v) is 23.4. The molecule has 2 saturated carbocycles. The molecule has 2 amide bonds. The van der Waals surface area contributed by atoms with Crippen molar-refractivity contribution in [1.82, 2.24) is 25.3 Å². The molecule has 9 nitrogen and oxygen atoms in total. The van der Waals surface area contributed by atoms with Crippen molar-refractivity contribution in [2.45, 2.75) is 88.8 Å². The lowest BCUT2D eigenvalue weighted by molar-refractivity contribution is -0.122. The summed E-state index contributed by atoms with van der Waals surface area (Å²) in [5, 5.41) is 11.1. The number of likely N-dealkylation sites (tertiary alicyclic amines) is 1. The Labute approximate surface area is 231 Å². The standard InChI is InChI=1S/C30H43N5O4/c1-38-26-13-8-14-27(39-2)29(26)25-20-24(33-35(25)23-11-3-4-12-23)30(37)32-22(15-18-34-16-5-6-17-34)19-28(36)31-21-9-7-10-21/h8,13-14,20-23H,3-7,9-12,15-19H2,1-2H3,(H,31,36)(H,32,37). The molecule has 0 radical (unpaired) electrons. The molecular formula is C30H43N5O4. The number of hydrogen-bond acceptors (Lipinski definition) is 6. The molecular weight excluding hydrogens is 494 g/mol. The molecule has 1 aromatic heterocycles. The first-order valence-corrected chi connectivity index (χ1v) is 14.7. The van der Waals surface area contributed by atoms with Crippen LogP contribution in [0.15, 0.2) is 24.3 Å². The minimum Gasteiger partial charge on any atom is -0.496 e. The van der Waals surface area contributed by atoms with Crippen molar-refractivity contribution >= 4 is 11.8 Å². The first-order chi connectivity index (χ1) is 19.1. The molecule has 2 aliphatic carbocycles. The number of carbonyl (C=O) groups is 2. The van der Waals surface area contributed by atoms with Gasteiger partial charge in [-0.1, -0.05) is 18.9 Å². The van der Waals surface area contributed by atoms with Gasteiger partial charge in [-0.2, -0.15) is 5.10 Å². The second kappa shape index (κ2) is 12.9. The lowest BCUT2D eigenvalue weighted by Crippen LogP contribution is -2.45. The minimum absolute atomic E-state index is 0.0161. The van der Waals surface area contributed by atoms with Crippen molar-refractivity contribution in [1.29, 1.82) is 0 Å². The molecule has 212 valence electrons. The van der Waals surface area contributed by atoms with E-state index in [2.05, 4.69) is 15.5 Å². The first-order valence-electron chi connectivity index (χ1n) is 14.7. The monoisotopic (exact) mass is 537 g/mol. The third-order valence-corrected chi connectivity index (χ3v) is 8.55. The van der Waals surface area contributed by atoms with E-state index in [9.17, 15) is 9.59 Å². The molecule has 3 fully saturated rings. The van der Waals surface area contributed by atoms with Crippen LogP contribution in [-0.4, -0.2) is 72.4 Å². The van der Waals surface area contributed by atoms with E-state index in [1.54, 1.807) is 14.2 Å². The summed E-state index contributed by atoms with van der Waals surface area (Å²) in [6.45, 7) is 3.05. The van der Waals surface area contributed by atoms with Crippen LogP contribution in [0.1, 0.15) is 87.2 Å². The highest BCUT2D eigenvalue weighted by molar-refractivity contribution is 5.94. The van der Waals surface area contributed by atoms with E-state index in [1.165, 1.54) is 19.3 Å². The van der Waals surface area contributed by atoms with Gasteiger partial charge in [0.25, 0.3) is 5.91 Å². The summed E-state index contributed by atoms with van der Waals surface area (Å²) in [5.74, 6) is 1.13. The largest absolute Gasteiger partial charge is 0.496 e. The maximum Gasteiger partial charge on any atom is 0.272 e. The normalized spacial score (nSPS) is 19.0. The summed E-state index contributed by atoms with van der Waals surface area (Å²) in [4.78, 5) is 28.9. The van der Waals surface area contributed by atoms with E-state index < -0.39 is 0 Å². The number of carbonyl (C=O) groups excluding carboxylic acids is 2. The predicted molar refractivity (Wildman–Crippen MR) is 150 cm³/mol. The Morgan fingerprint density at radius 1 is 1.00 bits per heavy atom. The molecule has 5 rings (SSSR count). The van der Waals surface area contributed by atoms with Crippen molar-refractivity contribution < 1.29 is 19.1 Å². The molecule has 1 saturated heterocycles. The van der Waals surface area contributed by atoms with Gasteiger partial charge in [0.05, 0.1) is 31.5 Å². The Morgan fingerprint density at radius 3 is 2.31 bits per heavy atom. The second-order valence-corrected chi connectivity index (χ2v) is 11.2. The number of nitrogens with zero attached hydrogens (tertiary/aromatic N) is 3. The average molecular weight is 538 g/mol. The number of amides is 2. The molecule has 9 heteroatoms. The van der Waals surface area contributed by atoms with E-state index >= 15 is 0 Å². The maximum absolute atomic E-state index is 13.6. The van der Waals surface area contributed by atoms with Gasteiger partial charge >= 0.3 is 0 Å². The van der Waals surface area contributed by atoms with Gasteiger partial charge in [-0.15, -0.1) is 0 Å². The summed E-state index contributed by atoms with van der Waals surface area (Å²) in [6.07, 6.45) is 11.0. The second-order valence-electron chi connectivity index (χ2n) is 11.2. The zero-order chi connectivity index (χ0) is 27.2. The summed E-state index contributed by atoms with van der Waals surface area (Å²) in [6, 6.07) is 7.80. The smallest absolute Gasteiger partial charge is 0.272 e. The maximum atomic E-state index is 13.6. The summed E-state index contributed by atoms with van der Waals surface area (Å²) in [5.41, 5.74) is 1.97.